The van der Waals surface area contributed by atoms with E-state index >= 15 is 0 Å². The lowest BCUT2D eigenvalue weighted by Gasteiger charge is -2.30. The lowest BCUT2D eigenvalue weighted by atomic mass is 9.83. The second-order valence-electron chi connectivity index (χ2n) is 7.59. The van der Waals surface area contributed by atoms with Crippen molar-refractivity contribution in [1.29, 1.82) is 0 Å². The van der Waals surface area contributed by atoms with Crippen LogP contribution in [0.15, 0.2) is 4.99 Å². The summed E-state index contributed by atoms with van der Waals surface area (Å²) in [5.41, 5.74) is -0.204. The fourth-order valence-electron chi connectivity index (χ4n) is 3.09. The van der Waals surface area contributed by atoms with E-state index in [0.717, 1.165) is 26.1 Å². The van der Waals surface area contributed by atoms with Crippen LogP contribution in [0.2, 0.25) is 0 Å². The molecule has 0 heterocycles. The van der Waals surface area contributed by atoms with Gasteiger partial charge in [-0.3, -0.25) is 4.79 Å². The number of guanidine groups is 1. The van der Waals surface area contributed by atoms with Gasteiger partial charge < -0.3 is 20.1 Å². The van der Waals surface area contributed by atoms with Gasteiger partial charge in [-0.05, 0) is 52.4 Å². The first-order valence-electron chi connectivity index (χ1n) is 9.03. The maximum absolute atomic E-state index is 11.8. The van der Waals surface area contributed by atoms with Crippen LogP contribution < -0.4 is 10.6 Å². The number of rotatable bonds is 8. The molecule has 0 bridgehead atoms. The van der Waals surface area contributed by atoms with Crippen LogP contribution in [0.4, 0.5) is 0 Å². The third kappa shape index (κ3) is 10.2. The van der Waals surface area contributed by atoms with E-state index in [-0.39, 0.29) is 41.9 Å². The summed E-state index contributed by atoms with van der Waals surface area (Å²) in [5.74, 6) is 0.363. The van der Waals surface area contributed by atoms with Crippen molar-refractivity contribution in [2.75, 3.05) is 33.4 Å². The van der Waals surface area contributed by atoms with E-state index in [0.29, 0.717) is 5.96 Å². The van der Waals surface area contributed by atoms with E-state index in [2.05, 4.69) is 15.6 Å². The molecule has 0 aromatic rings. The fraction of sp³-hybridized carbons (Fsp3) is 0.889. The van der Waals surface area contributed by atoms with Gasteiger partial charge >= 0.3 is 5.97 Å². The average molecular weight is 469 g/mol. The Hall–Kier alpha value is -0.570. The highest BCUT2D eigenvalue weighted by Crippen LogP contribution is 2.40. The summed E-state index contributed by atoms with van der Waals surface area (Å²) in [7, 11) is 1.75. The molecule has 0 radical (unpaired) electrons. The Morgan fingerprint density at radius 1 is 1.20 bits per heavy atom. The first kappa shape index (κ1) is 24.4. The van der Waals surface area contributed by atoms with E-state index in [1.807, 2.05) is 27.7 Å². The number of hydrogen-bond acceptors (Lipinski definition) is 4. The lowest BCUT2D eigenvalue weighted by molar-refractivity contribution is -0.152. The minimum Gasteiger partial charge on any atom is -0.459 e. The van der Waals surface area contributed by atoms with Crippen molar-refractivity contribution >= 4 is 35.9 Å². The number of esters is 1. The molecule has 0 unspecified atom stereocenters. The van der Waals surface area contributed by atoms with Crippen LogP contribution >= 0.6 is 24.0 Å². The van der Waals surface area contributed by atoms with E-state index in [1.54, 1.807) is 7.11 Å². The number of carbonyl (C=O) groups is 1. The maximum Gasteiger partial charge on any atom is 0.328 e. The highest BCUT2D eigenvalue weighted by Gasteiger charge is 2.33. The molecule has 2 N–H and O–H groups in total. The predicted molar refractivity (Wildman–Crippen MR) is 113 cm³/mol. The first-order valence-corrected chi connectivity index (χ1v) is 9.03. The van der Waals surface area contributed by atoms with Gasteiger partial charge in [-0.15, -0.1) is 24.0 Å². The molecule has 6 nitrogen and oxygen atoms in total. The molecule has 0 aromatic carbocycles. The molecular weight excluding hydrogens is 433 g/mol. The smallest absolute Gasteiger partial charge is 0.328 e. The summed E-state index contributed by atoms with van der Waals surface area (Å²) < 4.78 is 10.6. The van der Waals surface area contributed by atoms with Gasteiger partial charge in [0.2, 0.25) is 0 Å². The van der Waals surface area contributed by atoms with Crippen molar-refractivity contribution in [3.05, 3.63) is 0 Å². The lowest BCUT2D eigenvalue weighted by Crippen LogP contribution is -2.43. The molecule has 0 aliphatic heterocycles. The Morgan fingerprint density at radius 2 is 1.84 bits per heavy atom. The SMILES string of the molecule is CCNC(=NCC(=O)OC(C)(C)C)NCC1(CCOC)CCCC1.I. The molecule has 0 amide bonds. The molecule has 0 saturated heterocycles. The number of halogens is 1. The zero-order chi connectivity index (χ0) is 18.1. The molecule has 0 aromatic heterocycles. The van der Waals surface area contributed by atoms with E-state index < -0.39 is 5.60 Å². The number of carbonyl (C=O) groups excluding carboxylic acids is 1. The Bertz CT molecular complexity index is 416. The molecule has 1 fully saturated rings. The van der Waals surface area contributed by atoms with E-state index in [1.165, 1.54) is 25.7 Å². The zero-order valence-corrected chi connectivity index (χ0v) is 18.8. The molecule has 0 spiro atoms. The van der Waals surface area contributed by atoms with Gasteiger partial charge in [0, 0.05) is 26.8 Å². The van der Waals surface area contributed by atoms with Crippen molar-refractivity contribution in [3.63, 3.8) is 0 Å². The number of methoxy groups -OCH3 is 1. The molecule has 25 heavy (non-hydrogen) atoms. The molecule has 148 valence electrons. The van der Waals surface area contributed by atoms with Gasteiger partial charge in [0.1, 0.15) is 12.1 Å². The predicted octanol–water partition coefficient (Wildman–Crippen LogP) is 3.10. The van der Waals surface area contributed by atoms with Crippen LogP contribution in [0.5, 0.6) is 0 Å². The maximum atomic E-state index is 11.8. The van der Waals surface area contributed by atoms with Crippen LogP contribution in [0, 0.1) is 5.41 Å². The van der Waals surface area contributed by atoms with Crippen LogP contribution in [0.3, 0.4) is 0 Å². The largest absolute Gasteiger partial charge is 0.459 e. The highest BCUT2D eigenvalue weighted by molar-refractivity contribution is 14.0. The Morgan fingerprint density at radius 3 is 2.36 bits per heavy atom. The molecule has 1 saturated carbocycles. The Labute approximate surface area is 169 Å². The molecule has 1 rings (SSSR count). The summed E-state index contributed by atoms with van der Waals surface area (Å²) in [5, 5.41) is 6.60. The topological polar surface area (TPSA) is 72.0 Å². The van der Waals surface area contributed by atoms with Crippen molar-refractivity contribution < 1.29 is 14.3 Å². The average Bonchev–Trinajstić information content (AvgIpc) is 2.95. The van der Waals surface area contributed by atoms with Gasteiger partial charge in [0.15, 0.2) is 5.96 Å². The summed E-state index contributed by atoms with van der Waals surface area (Å²) in [6, 6.07) is 0. The standard InChI is InChI=1S/C18H35N3O3.HI/c1-6-19-16(20-13-15(22)24-17(2,3)4)21-14-18(11-12-23-5)9-7-8-10-18;/h6-14H2,1-5H3,(H2,19,20,21);1H. The molecule has 7 heteroatoms. The molecule has 1 aliphatic carbocycles. The summed E-state index contributed by atoms with van der Waals surface area (Å²) >= 11 is 0. The van der Waals surface area contributed by atoms with Crippen molar-refractivity contribution in [2.24, 2.45) is 10.4 Å². The Balaban J connectivity index is 0.00000576. The Kier molecular flexibility index (Phi) is 11.7. The third-order valence-electron chi connectivity index (χ3n) is 4.26. The number of nitrogens with one attached hydrogen (secondary N) is 2. The highest BCUT2D eigenvalue weighted by atomic mass is 127. The van der Waals surface area contributed by atoms with Crippen molar-refractivity contribution in [3.8, 4) is 0 Å². The van der Waals surface area contributed by atoms with Crippen LogP contribution in [0.1, 0.15) is 59.8 Å². The number of ether oxygens (including phenoxy) is 2. The van der Waals surface area contributed by atoms with Crippen molar-refractivity contribution in [2.45, 2.75) is 65.4 Å². The minimum atomic E-state index is -0.480. The molecule has 1 aliphatic rings. The number of nitrogens with zero attached hydrogens (tertiary/aromatic N) is 1. The van der Waals surface area contributed by atoms with Crippen molar-refractivity contribution in [1.82, 2.24) is 10.6 Å². The summed E-state index contributed by atoms with van der Waals surface area (Å²) in [6.45, 7) is 10.0. The van der Waals surface area contributed by atoms with Gasteiger partial charge in [-0.25, -0.2) is 4.99 Å². The normalized spacial score (nSPS) is 16.9. The van der Waals surface area contributed by atoms with E-state index in [4.69, 9.17) is 9.47 Å². The van der Waals surface area contributed by atoms with Crippen LogP contribution in [-0.4, -0.2) is 50.9 Å². The van der Waals surface area contributed by atoms with Gasteiger partial charge in [-0.2, -0.15) is 0 Å². The van der Waals surface area contributed by atoms with Gasteiger partial charge in [-0.1, -0.05) is 12.8 Å². The van der Waals surface area contributed by atoms with Crippen LogP contribution in [0.25, 0.3) is 0 Å². The fourth-order valence-corrected chi connectivity index (χ4v) is 3.09. The second kappa shape index (κ2) is 11.9. The summed E-state index contributed by atoms with van der Waals surface area (Å²) in [6.07, 6.45) is 6.04. The number of aliphatic imine (C=N–C) groups is 1. The minimum absolute atomic E-state index is 0. The van der Waals surface area contributed by atoms with Gasteiger partial charge in [0.05, 0.1) is 0 Å². The van der Waals surface area contributed by atoms with Gasteiger partial charge in [0.25, 0.3) is 0 Å². The first-order chi connectivity index (χ1) is 11.3. The second-order valence-corrected chi connectivity index (χ2v) is 7.59. The quantitative estimate of drug-likeness (QED) is 0.248. The number of hydrogen-bond donors (Lipinski definition) is 2. The van der Waals surface area contributed by atoms with E-state index in [9.17, 15) is 4.79 Å². The molecular formula is C18H36IN3O3. The zero-order valence-electron chi connectivity index (χ0n) is 16.4. The monoisotopic (exact) mass is 469 g/mol. The van der Waals surface area contributed by atoms with Crippen LogP contribution in [-0.2, 0) is 14.3 Å². The molecule has 0 atom stereocenters. The summed E-state index contributed by atoms with van der Waals surface area (Å²) in [4.78, 5) is 16.2. The third-order valence-corrected chi connectivity index (χ3v) is 4.26.